The molecule has 0 fully saturated rings. The zero-order valence-corrected chi connectivity index (χ0v) is 11.8. The Hall–Kier alpha value is -2.26. The van der Waals surface area contributed by atoms with Crippen molar-refractivity contribution in [2.24, 2.45) is 5.10 Å². The number of aromatic amines is 1. The number of rotatable bonds is 3. The zero-order chi connectivity index (χ0) is 13.9. The van der Waals surface area contributed by atoms with Gasteiger partial charge in [-0.05, 0) is 37.3 Å². The first kappa shape index (κ1) is 12.8. The van der Waals surface area contributed by atoms with Crippen LogP contribution in [0.2, 0.25) is 5.02 Å². The van der Waals surface area contributed by atoms with E-state index in [1.54, 1.807) is 0 Å². The van der Waals surface area contributed by atoms with Crippen molar-refractivity contribution in [1.29, 1.82) is 0 Å². The van der Waals surface area contributed by atoms with Gasteiger partial charge in [-0.2, -0.15) is 5.10 Å². The van der Waals surface area contributed by atoms with Crippen molar-refractivity contribution in [2.45, 2.75) is 6.92 Å². The number of aryl methyl sites for hydroxylation is 1. The van der Waals surface area contributed by atoms with Crippen molar-refractivity contribution in [2.75, 3.05) is 5.43 Å². The predicted molar refractivity (Wildman–Crippen MR) is 85.7 cm³/mol. The van der Waals surface area contributed by atoms with E-state index in [1.165, 1.54) is 5.39 Å². The number of hydrogen-bond donors (Lipinski definition) is 2. The van der Waals surface area contributed by atoms with Crippen molar-refractivity contribution in [3.8, 4) is 0 Å². The van der Waals surface area contributed by atoms with E-state index in [4.69, 9.17) is 11.6 Å². The summed E-state index contributed by atoms with van der Waals surface area (Å²) in [7, 11) is 0. The average Bonchev–Trinajstić information content (AvgIpc) is 2.77. The molecule has 2 aromatic carbocycles. The third-order valence-electron chi connectivity index (χ3n) is 3.17. The molecule has 3 aromatic rings. The minimum atomic E-state index is 0.715. The molecule has 0 saturated carbocycles. The number of anilines is 1. The van der Waals surface area contributed by atoms with Gasteiger partial charge in [0.2, 0.25) is 0 Å². The molecule has 0 amide bonds. The summed E-state index contributed by atoms with van der Waals surface area (Å²) in [6.45, 7) is 2.05. The van der Waals surface area contributed by atoms with Gasteiger partial charge in [0, 0.05) is 27.2 Å². The molecule has 1 aromatic heterocycles. The average molecular weight is 284 g/mol. The van der Waals surface area contributed by atoms with E-state index in [9.17, 15) is 0 Å². The van der Waals surface area contributed by atoms with Gasteiger partial charge in [-0.1, -0.05) is 29.8 Å². The molecule has 0 bridgehead atoms. The summed E-state index contributed by atoms with van der Waals surface area (Å²) in [5.41, 5.74) is 7.23. The maximum Gasteiger partial charge on any atom is 0.0568 e. The van der Waals surface area contributed by atoms with Gasteiger partial charge in [0.15, 0.2) is 0 Å². The molecule has 0 unspecified atom stereocenters. The van der Waals surface area contributed by atoms with Crippen LogP contribution in [0.5, 0.6) is 0 Å². The number of fused-ring (bicyclic) bond motifs is 1. The Morgan fingerprint density at radius 2 is 1.85 bits per heavy atom. The van der Waals surface area contributed by atoms with E-state index in [-0.39, 0.29) is 0 Å². The molecule has 1 heterocycles. The van der Waals surface area contributed by atoms with E-state index in [1.807, 2.05) is 49.5 Å². The van der Waals surface area contributed by atoms with Crippen molar-refractivity contribution >= 4 is 34.4 Å². The normalized spacial score (nSPS) is 11.3. The number of nitrogens with one attached hydrogen (secondary N) is 2. The van der Waals surface area contributed by atoms with E-state index >= 15 is 0 Å². The standard InChI is InChI=1S/C16H14ClN3/c1-11-15(14-4-2-3-5-16(14)19-11)10-18-20-13-8-6-12(17)7-9-13/h2-10,19-20H,1H3. The SMILES string of the molecule is Cc1[nH]c2ccccc2c1C=NNc1ccc(Cl)cc1. The van der Waals surface area contributed by atoms with E-state index in [2.05, 4.69) is 27.6 Å². The van der Waals surface area contributed by atoms with Gasteiger partial charge < -0.3 is 4.98 Å². The summed E-state index contributed by atoms with van der Waals surface area (Å²) in [6.07, 6.45) is 1.84. The van der Waals surface area contributed by atoms with Gasteiger partial charge in [-0.25, -0.2) is 0 Å². The molecule has 4 heteroatoms. The highest BCUT2D eigenvalue weighted by atomic mass is 35.5. The second-order valence-corrected chi connectivity index (χ2v) is 5.02. The van der Waals surface area contributed by atoms with Crippen LogP contribution in [-0.4, -0.2) is 11.2 Å². The lowest BCUT2D eigenvalue weighted by molar-refractivity contribution is 1.28. The number of nitrogens with zero attached hydrogens (tertiary/aromatic N) is 1. The topological polar surface area (TPSA) is 40.2 Å². The Morgan fingerprint density at radius 3 is 2.65 bits per heavy atom. The number of hydrogen-bond acceptors (Lipinski definition) is 2. The van der Waals surface area contributed by atoms with Crippen LogP contribution in [0, 0.1) is 6.92 Å². The molecule has 0 spiro atoms. The molecule has 3 rings (SSSR count). The molecule has 0 atom stereocenters. The van der Waals surface area contributed by atoms with Crippen LogP contribution >= 0.6 is 11.6 Å². The van der Waals surface area contributed by atoms with Crippen LogP contribution < -0.4 is 5.43 Å². The minimum absolute atomic E-state index is 0.715. The van der Waals surface area contributed by atoms with E-state index in [0.29, 0.717) is 5.02 Å². The van der Waals surface area contributed by atoms with Crippen LogP contribution in [0.3, 0.4) is 0 Å². The van der Waals surface area contributed by atoms with Crippen LogP contribution in [0.4, 0.5) is 5.69 Å². The number of H-pyrrole nitrogens is 1. The van der Waals surface area contributed by atoms with Gasteiger partial charge >= 0.3 is 0 Å². The number of hydrazone groups is 1. The zero-order valence-electron chi connectivity index (χ0n) is 11.0. The number of para-hydroxylation sites is 1. The molecule has 0 aliphatic rings. The fourth-order valence-corrected chi connectivity index (χ4v) is 2.29. The van der Waals surface area contributed by atoms with Crippen LogP contribution in [0.25, 0.3) is 10.9 Å². The maximum absolute atomic E-state index is 5.84. The summed E-state index contributed by atoms with van der Waals surface area (Å²) in [6, 6.07) is 15.6. The first-order valence-corrected chi connectivity index (χ1v) is 6.74. The van der Waals surface area contributed by atoms with Gasteiger partial charge in [0.25, 0.3) is 0 Å². The third kappa shape index (κ3) is 2.53. The molecule has 0 radical (unpaired) electrons. The highest BCUT2D eigenvalue weighted by Gasteiger charge is 2.04. The summed E-state index contributed by atoms with van der Waals surface area (Å²) in [5, 5.41) is 6.17. The lowest BCUT2D eigenvalue weighted by atomic mass is 10.1. The maximum atomic E-state index is 5.84. The van der Waals surface area contributed by atoms with Crippen LogP contribution in [-0.2, 0) is 0 Å². The largest absolute Gasteiger partial charge is 0.358 e. The number of benzene rings is 2. The van der Waals surface area contributed by atoms with Crippen molar-refractivity contribution in [3.63, 3.8) is 0 Å². The Morgan fingerprint density at radius 1 is 1.10 bits per heavy atom. The van der Waals surface area contributed by atoms with Gasteiger partial charge in [0.1, 0.15) is 0 Å². The lowest BCUT2D eigenvalue weighted by Gasteiger charge is -1.99. The molecular weight excluding hydrogens is 270 g/mol. The van der Waals surface area contributed by atoms with E-state index < -0.39 is 0 Å². The predicted octanol–water partition coefficient (Wildman–Crippen LogP) is 4.58. The lowest BCUT2D eigenvalue weighted by Crippen LogP contribution is -1.91. The van der Waals surface area contributed by atoms with Crippen LogP contribution in [0.1, 0.15) is 11.3 Å². The van der Waals surface area contributed by atoms with Crippen molar-refractivity contribution in [1.82, 2.24) is 4.98 Å². The van der Waals surface area contributed by atoms with Gasteiger partial charge in [-0.15, -0.1) is 0 Å². The summed E-state index contributed by atoms with van der Waals surface area (Å²) >= 11 is 5.84. The molecule has 0 aliphatic carbocycles. The van der Waals surface area contributed by atoms with Crippen molar-refractivity contribution in [3.05, 3.63) is 64.8 Å². The molecule has 3 nitrogen and oxygen atoms in total. The molecule has 20 heavy (non-hydrogen) atoms. The smallest absolute Gasteiger partial charge is 0.0568 e. The Kier molecular flexibility index (Phi) is 3.44. The fraction of sp³-hybridized carbons (Fsp3) is 0.0625. The molecular formula is C16H14ClN3. The van der Waals surface area contributed by atoms with Gasteiger partial charge in [-0.3, -0.25) is 5.43 Å². The minimum Gasteiger partial charge on any atom is -0.358 e. The van der Waals surface area contributed by atoms with Crippen molar-refractivity contribution < 1.29 is 0 Å². The van der Waals surface area contributed by atoms with E-state index in [0.717, 1.165) is 22.5 Å². The molecule has 100 valence electrons. The number of halogens is 1. The first-order chi connectivity index (χ1) is 9.74. The fourth-order valence-electron chi connectivity index (χ4n) is 2.16. The Bertz CT molecular complexity index is 757. The van der Waals surface area contributed by atoms with Gasteiger partial charge in [0.05, 0.1) is 11.9 Å². The third-order valence-corrected chi connectivity index (χ3v) is 3.43. The second kappa shape index (κ2) is 5.39. The molecule has 0 saturated heterocycles. The summed E-state index contributed by atoms with van der Waals surface area (Å²) < 4.78 is 0. The summed E-state index contributed by atoms with van der Waals surface area (Å²) in [5.74, 6) is 0. The van der Waals surface area contributed by atoms with Crippen LogP contribution in [0.15, 0.2) is 53.6 Å². The number of aromatic nitrogens is 1. The second-order valence-electron chi connectivity index (χ2n) is 4.59. The Balaban J connectivity index is 1.84. The first-order valence-electron chi connectivity index (χ1n) is 6.36. The summed E-state index contributed by atoms with van der Waals surface area (Å²) in [4.78, 5) is 3.35. The molecule has 2 N–H and O–H groups in total. The highest BCUT2D eigenvalue weighted by Crippen LogP contribution is 2.20. The molecule has 0 aliphatic heterocycles. The quantitative estimate of drug-likeness (QED) is 0.536. The monoisotopic (exact) mass is 283 g/mol. The highest BCUT2D eigenvalue weighted by molar-refractivity contribution is 6.30. The Labute approximate surface area is 122 Å².